The summed E-state index contributed by atoms with van der Waals surface area (Å²) in [6.45, 7) is 4.39. The van der Waals surface area contributed by atoms with Crippen LogP contribution in [0.3, 0.4) is 0 Å². The van der Waals surface area contributed by atoms with Gasteiger partial charge in [0.2, 0.25) is 0 Å². The van der Waals surface area contributed by atoms with Gasteiger partial charge in [0.05, 0.1) is 0 Å². The summed E-state index contributed by atoms with van der Waals surface area (Å²) in [6.07, 6.45) is 5.63. The van der Waals surface area contributed by atoms with Crippen LogP contribution in [0, 0.1) is 6.92 Å². The first-order chi connectivity index (χ1) is 11.2. The van der Waals surface area contributed by atoms with Crippen molar-refractivity contribution < 1.29 is 18.3 Å². The third-order valence-corrected chi connectivity index (χ3v) is 13.8. The molecule has 3 rings (SSSR count). The quantitative estimate of drug-likeness (QED) is 0.518. The minimum Gasteiger partial charge on any atom is -0.147 e. The second-order valence-corrected chi connectivity index (χ2v) is 30.7. The van der Waals surface area contributed by atoms with Crippen molar-refractivity contribution in [2.75, 3.05) is 0 Å². The molecule has 0 amide bonds. The van der Waals surface area contributed by atoms with E-state index in [1.165, 1.54) is 22.3 Å². The molecule has 0 N–H and O–H groups in total. The summed E-state index contributed by atoms with van der Waals surface area (Å²) in [5.41, 5.74) is 5.18. The number of rotatable bonds is 4. The van der Waals surface area contributed by atoms with Crippen molar-refractivity contribution in [3.05, 3.63) is 75.7 Å². The predicted molar refractivity (Wildman–Crippen MR) is 120 cm³/mol. The topological polar surface area (TPSA) is 9.23 Å². The molecule has 5 heteroatoms. The van der Waals surface area contributed by atoms with E-state index < -0.39 is 14.9 Å². The molecule has 141 valence electrons. The summed E-state index contributed by atoms with van der Waals surface area (Å²) in [7, 11) is 1.11. The van der Waals surface area contributed by atoms with Crippen LogP contribution >= 0.6 is 24.8 Å². The average Bonchev–Trinajstić information content (AvgIpc) is 2.94. The van der Waals surface area contributed by atoms with Crippen molar-refractivity contribution in [1.82, 2.24) is 0 Å². The van der Waals surface area contributed by atoms with E-state index in [1.54, 1.807) is 3.88 Å². The van der Waals surface area contributed by atoms with Crippen molar-refractivity contribution in [2.45, 2.75) is 30.7 Å². The zero-order valence-electron chi connectivity index (χ0n) is 16.2. The molecule has 0 saturated carbocycles. The fraction of sp³-hybridized carbons (Fsp3) is 0.238. The Hall–Kier alpha value is -0.769. The van der Waals surface area contributed by atoms with Crippen LogP contribution in [-0.4, -0.2) is 8.11 Å². The monoisotopic (exact) mass is 443 g/mol. The standard InChI is InChI=1S/C13H12O.C6H7.2CH3.2ClH.H3Si.Ti/c1-10-7-12(9-13(14)8-10)11-5-3-2-4-6-11;1-6-4-2-3-5-6;;;;;;/h2-9,14H,1H3;2,4H,3H2,1H3;2*1H3;2*1H;1H3;/q;;;;;;;+1/p-1. The van der Waals surface area contributed by atoms with Crippen molar-refractivity contribution in [2.24, 2.45) is 0 Å². The van der Waals surface area contributed by atoms with E-state index in [1.807, 2.05) is 0 Å². The minimum atomic E-state index is -3.02. The van der Waals surface area contributed by atoms with Crippen molar-refractivity contribution in [1.29, 1.82) is 0 Å². The van der Waals surface area contributed by atoms with E-state index in [0.717, 1.165) is 20.3 Å². The van der Waals surface area contributed by atoms with Crippen LogP contribution in [0.5, 0.6) is 5.75 Å². The summed E-state index contributed by atoms with van der Waals surface area (Å²) in [4.78, 5) is 0. The molecule has 0 spiro atoms. The Kier molecular flexibility index (Phi) is 7.60. The molecule has 1 aliphatic carbocycles. The average molecular weight is 444 g/mol. The Bertz CT molecular complexity index is 836. The van der Waals surface area contributed by atoms with E-state index in [9.17, 15) is 0 Å². The van der Waals surface area contributed by atoms with E-state index in [4.69, 9.17) is 3.32 Å². The Labute approximate surface area is 173 Å². The van der Waals surface area contributed by atoms with Gasteiger partial charge in [-0.25, -0.2) is 0 Å². The first-order valence-corrected chi connectivity index (χ1v) is 18.9. The zero-order chi connectivity index (χ0) is 17.4. The predicted octanol–water partition coefficient (Wildman–Crippen LogP) is 6.10. The summed E-state index contributed by atoms with van der Waals surface area (Å²) < 4.78 is 8.44. The van der Waals surface area contributed by atoms with Gasteiger partial charge in [-0.15, -0.1) is 24.8 Å². The third-order valence-electron chi connectivity index (χ3n) is 4.83. The largest absolute Gasteiger partial charge is 0.147 e. The number of halogens is 2. The molecule has 0 heterocycles. The molecule has 0 aromatic heterocycles. The number of benzene rings is 2. The van der Waals surface area contributed by atoms with Crippen molar-refractivity contribution in [3.8, 4) is 16.9 Å². The third kappa shape index (κ3) is 5.15. The van der Waals surface area contributed by atoms with E-state index in [-0.39, 0.29) is 24.8 Å². The van der Waals surface area contributed by atoms with Crippen LogP contribution in [0.15, 0.2) is 70.1 Å². The van der Waals surface area contributed by atoms with Crippen molar-refractivity contribution in [3.63, 3.8) is 0 Å². The summed E-state index contributed by atoms with van der Waals surface area (Å²) in [6, 6.07) is 17.2. The minimum absolute atomic E-state index is 0. The molecule has 1 nitrogen and oxygen atoms in total. The van der Waals surface area contributed by atoms with Gasteiger partial charge < -0.3 is 0 Å². The molecule has 0 aliphatic heterocycles. The molecule has 0 atom stereocenters. The molecule has 0 radical (unpaired) electrons. The second kappa shape index (κ2) is 8.50. The Morgan fingerprint density at radius 3 is 2.15 bits per heavy atom. The smallest absolute Gasteiger partial charge is 0.147 e. The maximum atomic E-state index is 6.84. The Morgan fingerprint density at radius 1 is 0.923 bits per heavy atom. The van der Waals surface area contributed by atoms with Crippen LogP contribution in [0.25, 0.3) is 11.1 Å². The molecule has 1 aliphatic rings. The second-order valence-electron chi connectivity index (χ2n) is 8.24. The molecule has 0 unspecified atom stereocenters. The van der Waals surface area contributed by atoms with Crippen LogP contribution < -0.4 is 3.32 Å². The van der Waals surface area contributed by atoms with Crippen molar-refractivity contribution >= 4 is 32.9 Å². The fourth-order valence-electron chi connectivity index (χ4n) is 3.71. The molecule has 2 aromatic rings. The summed E-state index contributed by atoms with van der Waals surface area (Å²) in [5, 5.41) is 4.86. The number of hydrogen-bond donors (Lipinski definition) is 0. The van der Waals surface area contributed by atoms with E-state index in [2.05, 4.69) is 85.0 Å². The van der Waals surface area contributed by atoms with Gasteiger partial charge in [-0.3, -0.25) is 0 Å². The van der Waals surface area contributed by atoms with Crippen LogP contribution in [0.2, 0.25) is 10.5 Å². The molecule has 0 bridgehead atoms. The van der Waals surface area contributed by atoms with Crippen LogP contribution in [-0.2, 0) is 14.9 Å². The maximum Gasteiger partial charge on any atom is -0.147 e. The van der Waals surface area contributed by atoms with Gasteiger partial charge in [0.25, 0.3) is 0 Å². The number of allylic oxidation sites excluding steroid dienone is 4. The normalized spacial score (nSPS) is 15.0. The molecule has 2 aromatic carbocycles. The van der Waals surface area contributed by atoms with Gasteiger partial charge in [-0.1, -0.05) is 0 Å². The fourth-order valence-corrected chi connectivity index (χ4v) is 12.3. The van der Waals surface area contributed by atoms with Gasteiger partial charge in [0.15, 0.2) is 0 Å². The Morgan fingerprint density at radius 2 is 1.58 bits per heavy atom. The summed E-state index contributed by atoms with van der Waals surface area (Å²) in [5.74, 6) is 1.04. The van der Waals surface area contributed by atoms with Gasteiger partial charge in [-0.05, 0) is 0 Å². The first kappa shape index (κ1) is 23.3. The molecule has 26 heavy (non-hydrogen) atoms. The zero-order valence-corrected chi connectivity index (χ0v) is 21.4. The van der Waals surface area contributed by atoms with E-state index >= 15 is 0 Å². The molecule has 0 saturated heterocycles. The maximum absolute atomic E-state index is 6.84. The van der Waals surface area contributed by atoms with Crippen LogP contribution in [0.4, 0.5) is 0 Å². The van der Waals surface area contributed by atoms with Gasteiger partial charge >= 0.3 is 150 Å². The molecule has 0 fully saturated rings. The molecular weight excluding hydrogens is 415 g/mol. The van der Waals surface area contributed by atoms with Gasteiger partial charge in [0, 0.05) is 0 Å². The number of aryl methyl sites for hydroxylation is 1. The summed E-state index contributed by atoms with van der Waals surface area (Å²) >= 11 is -3.02. The van der Waals surface area contributed by atoms with Gasteiger partial charge in [0.1, 0.15) is 0 Å². The van der Waals surface area contributed by atoms with Crippen LogP contribution in [0.1, 0.15) is 18.9 Å². The van der Waals surface area contributed by atoms with Gasteiger partial charge in [-0.2, -0.15) is 0 Å². The Balaban J connectivity index is 0.00000169. The SMILES string of the molecule is CC1=[C]([Ti]([CH3])([CH3])([SiH3])[O]c2cc(C)cc(-c3ccccc3)c2)CC=C1.Cl.Cl. The molecular formula is C21H29Cl2OSiTi. The number of hydrogen-bond acceptors (Lipinski definition) is 1. The first-order valence-electron chi connectivity index (χ1n) is 8.68. The van der Waals surface area contributed by atoms with E-state index in [0.29, 0.717) is 0 Å².